The lowest BCUT2D eigenvalue weighted by molar-refractivity contribution is 0.0244. The van der Waals surface area contributed by atoms with Gasteiger partial charge in [0.2, 0.25) is 0 Å². The molecule has 1 heterocycles. The Morgan fingerprint density at radius 3 is 2.89 bits per heavy atom. The van der Waals surface area contributed by atoms with E-state index < -0.39 is 0 Å². The van der Waals surface area contributed by atoms with Gasteiger partial charge in [0.15, 0.2) is 0 Å². The molecular formula is C17H23BrO. The van der Waals surface area contributed by atoms with Crippen molar-refractivity contribution < 1.29 is 4.74 Å². The molecule has 104 valence electrons. The van der Waals surface area contributed by atoms with Crippen molar-refractivity contribution in [3.63, 3.8) is 0 Å². The molecule has 1 aromatic rings. The van der Waals surface area contributed by atoms with Crippen LogP contribution in [0, 0.1) is 5.92 Å². The van der Waals surface area contributed by atoms with Crippen molar-refractivity contribution in [2.75, 3.05) is 6.61 Å². The first kappa shape index (κ1) is 13.6. The number of hydrogen-bond donors (Lipinski definition) is 0. The summed E-state index contributed by atoms with van der Waals surface area (Å²) in [4.78, 5) is 0.688. The molecular weight excluding hydrogens is 300 g/mol. The third kappa shape index (κ3) is 3.22. The fraction of sp³-hybridized carbons (Fsp3) is 0.647. The molecule has 3 atom stereocenters. The van der Waals surface area contributed by atoms with E-state index >= 15 is 0 Å². The standard InChI is InChI=1S/C17H23BrO/c18-16-9-3-1-2-7-14(16)12-17-15-8-5-4-6-13(15)10-11-19-17/h4-6,8,14,16-17H,1-3,7,9-12H2. The predicted octanol–water partition coefficient (Wildman–Crippen LogP) is 5.03. The number of fused-ring (bicyclic) bond motifs is 1. The van der Waals surface area contributed by atoms with Crippen molar-refractivity contribution >= 4 is 15.9 Å². The first-order valence-corrected chi connectivity index (χ1v) is 8.59. The van der Waals surface area contributed by atoms with Crippen molar-refractivity contribution in [3.05, 3.63) is 35.4 Å². The number of benzene rings is 1. The van der Waals surface area contributed by atoms with Gasteiger partial charge in [-0.15, -0.1) is 0 Å². The van der Waals surface area contributed by atoms with Gasteiger partial charge in [0.25, 0.3) is 0 Å². The molecule has 1 fully saturated rings. The van der Waals surface area contributed by atoms with Crippen molar-refractivity contribution in [2.24, 2.45) is 5.92 Å². The number of rotatable bonds is 2. The van der Waals surface area contributed by atoms with Gasteiger partial charge >= 0.3 is 0 Å². The molecule has 0 radical (unpaired) electrons. The minimum absolute atomic E-state index is 0.327. The molecule has 1 aliphatic carbocycles. The van der Waals surface area contributed by atoms with Crippen molar-refractivity contribution in [1.29, 1.82) is 0 Å². The molecule has 0 aromatic heterocycles. The summed E-state index contributed by atoms with van der Waals surface area (Å²) >= 11 is 3.92. The summed E-state index contributed by atoms with van der Waals surface area (Å²) < 4.78 is 6.08. The first-order chi connectivity index (χ1) is 9.34. The number of ether oxygens (including phenoxy) is 1. The SMILES string of the molecule is BrC1CCCCCC1CC1OCCc2ccccc21. The van der Waals surface area contributed by atoms with Crippen LogP contribution in [0.2, 0.25) is 0 Å². The largest absolute Gasteiger partial charge is 0.373 e. The molecule has 0 N–H and O–H groups in total. The Balaban J connectivity index is 1.73. The zero-order chi connectivity index (χ0) is 13.1. The molecule has 0 amide bonds. The number of hydrogen-bond acceptors (Lipinski definition) is 1. The maximum Gasteiger partial charge on any atom is 0.0830 e. The quantitative estimate of drug-likeness (QED) is 0.547. The van der Waals surface area contributed by atoms with Crippen molar-refractivity contribution in [1.82, 2.24) is 0 Å². The zero-order valence-corrected chi connectivity index (χ0v) is 13.1. The third-order valence-electron chi connectivity index (χ3n) is 4.68. The second-order valence-electron chi connectivity index (χ2n) is 5.96. The lowest BCUT2D eigenvalue weighted by Gasteiger charge is -2.30. The Bertz CT molecular complexity index is 417. The second kappa shape index (κ2) is 6.41. The summed E-state index contributed by atoms with van der Waals surface area (Å²) in [7, 11) is 0. The summed E-state index contributed by atoms with van der Waals surface area (Å²) in [6.45, 7) is 0.890. The van der Waals surface area contributed by atoms with Crippen LogP contribution in [0.1, 0.15) is 55.8 Å². The lowest BCUT2D eigenvalue weighted by atomic mass is 9.87. The topological polar surface area (TPSA) is 9.23 Å². The molecule has 3 rings (SSSR count). The molecule has 3 unspecified atom stereocenters. The van der Waals surface area contributed by atoms with E-state index in [0.717, 1.165) is 18.9 Å². The number of halogens is 1. The molecule has 2 aliphatic rings. The normalized spacial score (nSPS) is 31.5. The molecule has 1 nitrogen and oxygen atoms in total. The van der Waals surface area contributed by atoms with Crippen LogP contribution in [0.15, 0.2) is 24.3 Å². The summed E-state index contributed by atoms with van der Waals surface area (Å²) in [5.41, 5.74) is 2.94. The van der Waals surface area contributed by atoms with Crippen LogP contribution in [0.25, 0.3) is 0 Å². The van der Waals surface area contributed by atoms with Crippen LogP contribution in [-0.4, -0.2) is 11.4 Å². The van der Waals surface area contributed by atoms with Gasteiger partial charge < -0.3 is 4.74 Å². The second-order valence-corrected chi connectivity index (χ2v) is 7.13. The lowest BCUT2D eigenvalue weighted by Crippen LogP contribution is -2.22. The van der Waals surface area contributed by atoms with E-state index in [4.69, 9.17) is 4.74 Å². The van der Waals surface area contributed by atoms with Crippen LogP contribution >= 0.6 is 15.9 Å². The maximum atomic E-state index is 6.08. The fourth-order valence-electron chi connectivity index (χ4n) is 3.55. The van der Waals surface area contributed by atoms with Crippen molar-refractivity contribution in [3.8, 4) is 0 Å². The summed E-state index contributed by atoms with van der Waals surface area (Å²) in [6, 6.07) is 8.84. The van der Waals surface area contributed by atoms with Crippen LogP contribution < -0.4 is 0 Å². The van der Waals surface area contributed by atoms with Crippen LogP contribution in [0.4, 0.5) is 0 Å². The fourth-order valence-corrected chi connectivity index (χ4v) is 4.36. The van der Waals surface area contributed by atoms with Gasteiger partial charge in [-0.25, -0.2) is 0 Å². The monoisotopic (exact) mass is 322 g/mol. The maximum absolute atomic E-state index is 6.08. The van der Waals surface area contributed by atoms with E-state index in [0.29, 0.717) is 10.9 Å². The predicted molar refractivity (Wildman–Crippen MR) is 82.7 cm³/mol. The molecule has 0 spiro atoms. The average Bonchev–Trinajstić information content (AvgIpc) is 2.65. The Kier molecular flexibility index (Phi) is 4.60. The highest BCUT2D eigenvalue weighted by atomic mass is 79.9. The van der Waals surface area contributed by atoms with E-state index in [-0.39, 0.29) is 0 Å². The van der Waals surface area contributed by atoms with E-state index in [1.165, 1.54) is 49.7 Å². The highest BCUT2D eigenvalue weighted by Gasteiger charge is 2.28. The molecule has 2 heteroatoms. The highest BCUT2D eigenvalue weighted by Crippen LogP contribution is 2.38. The third-order valence-corrected chi connectivity index (χ3v) is 5.88. The van der Waals surface area contributed by atoms with E-state index in [9.17, 15) is 0 Å². The number of alkyl halides is 1. The average molecular weight is 323 g/mol. The van der Waals surface area contributed by atoms with E-state index in [2.05, 4.69) is 40.2 Å². The molecule has 1 saturated carbocycles. The Morgan fingerprint density at radius 1 is 1.11 bits per heavy atom. The molecule has 19 heavy (non-hydrogen) atoms. The Labute approximate surface area is 124 Å². The van der Waals surface area contributed by atoms with Gasteiger partial charge in [-0.05, 0) is 42.7 Å². The van der Waals surface area contributed by atoms with Gasteiger partial charge in [-0.1, -0.05) is 59.5 Å². The Morgan fingerprint density at radius 2 is 1.95 bits per heavy atom. The van der Waals surface area contributed by atoms with E-state index in [1.807, 2.05) is 0 Å². The van der Waals surface area contributed by atoms with Gasteiger partial charge in [-0.2, -0.15) is 0 Å². The molecule has 1 aromatic carbocycles. The smallest absolute Gasteiger partial charge is 0.0830 e. The molecule has 0 saturated heterocycles. The van der Waals surface area contributed by atoms with Gasteiger partial charge in [-0.3, -0.25) is 0 Å². The molecule has 0 bridgehead atoms. The minimum Gasteiger partial charge on any atom is -0.373 e. The highest BCUT2D eigenvalue weighted by molar-refractivity contribution is 9.09. The van der Waals surface area contributed by atoms with Gasteiger partial charge in [0.05, 0.1) is 12.7 Å². The van der Waals surface area contributed by atoms with Crippen LogP contribution in [-0.2, 0) is 11.2 Å². The van der Waals surface area contributed by atoms with E-state index in [1.54, 1.807) is 0 Å². The summed E-state index contributed by atoms with van der Waals surface area (Å²) in [6.07, 6.45) is 9.46. The Hall–Kier alpha value is -0.340. The van der Waals surface area contributed by atoms with Crippen LogP contribution in [0.5, 0.6) is 0 Å². The zero-order valence-electron chi connectivity index (χ0n) is 11.5. The summed E-state index contributed by atoms with van der Waals surface area (Å²) in [5.74, 6) is 0.777. The van der Waals surface area contributed by atoms with Gasteiger partial charge in [0.1, 0.15) is 0 Å². The molecule has 1 aliphatic heterocycles. The summed E-state index contributed by atoms with van der Waals surface area (Å²) in [5, 5.41) is 0. The van der Waals surface area contributed by atoms with Gasteiger partial charge in [0, 0.05) is 4.83 Å². The van der Waals surface area contributed by atoms with Crippen molar-refractivity contribution in [2.45, 2.75) is 55.9 Å². The minimum atomic E-state index is 0.327. The van der Waals surface area contributed by atoms with Crippen LogP contribution in [0.3, 0.4) is 0 Å². The first-order valence-electron chi connectivity index (χ1n) is 7.68.